The van der Waals surface area contributed by atoms with Crippen LogP contribution in [0.15, 0.2) is 4.99 Å². The van der Waals surface area contributed by atoms with Crippen LogP contribution in [0.3, 0.4) is 0 Å². The summed E-state index contributed by atoms with van der Waals surface area (Å²) in [4.78, 5) is 149. The van der Waals surface area contributed by atoms with Gasteiger partial charge in [-0.25, -0.2) is 4.79 Å². The number of hydrogen-bond acceptors (Lipinski definition) is 16. The van der Waals surface area contributed by atoms with E-state index in [0.717, 1.165) is 13.8 Å². The van der Waals surface area contributed by atoms with Crippen LogP contribution in [0.4, 0.5) is 0 Å². The molecule has 0 aromatic carbocycles. The zero-order valence-electron chi connectivity index (χ0n) is 39.2. The van der Waals surface area contributed by atoms with Gasteiger partial charge in [0.15, 0.2) is 12.0 Å². The molecule has 0 bridgehead atoms. The number of aliphatic imine (C=N–C) groups is 1. The van der Waals surface area contributed by atoms with Gasteiger partial charge < -0.3 is 89.3 Å². The largest absolute Gasteiger partial charge is 0.481 e. The molecule has 0 aliphatic carbocycles. The maximum atomic E-state index is 14.2. The number of carboxylic acid groups (broad SMARTS) is 2. The van der Waals surface area contributed by atoms with E-state index in [0.29, 0.717) is 32.2 Å². The summed E-state index contributed by atoms with van der Waals surface area (Å²) in [6.07, 6.45) is -1.82. The number of nitrogens with zero attached hydrogens (tertiary/aromatic N) is 3. The van der Waals surface area contributed by atoms with Gasteiger partial charge >= 0.3 is 11.9 Å². The number of aliphatic hydroxyl groups excluding tert-OH is 3. The molecule has 11 atom stereocenters. The minimum atomic E-state index is -1.76. The normalized spacial score (nSPS) is 21.0. The van der Waals surface area contributed by atoms with Gasteiger partial charge in [0.25, 0.3) is 0 Å². The summed E-state index contributed by atoms with van der Waals surface area (Å²) < 4.78 is 0. The fourth-order valence-corrected chi connectivity index (χ4v) is 8.04. The molecule has 3 aliphatic heterocycles. The van der Waals surface area contributed by atoms with Crippen molar-refractivity contribution in [3.63, 3.8) is 0 Å². The Morgan fingerprint density at radius 3 is 1.80 bits per heavy atom. The lowest BCUT2D eigenvalue weighted by Crippen LogP contribution is -2.61. The average Bonchev–Trinajstić information content (AvgIpc) is 4.11. The van der Waals surface area contributed by atoms with E-state index >= 15 is 0 Å². The highest BCUT2D eigenvalue weighted by molar-refractivity contribution is 5.99. The maximum absolute atomic E-state index is 14.2. The molecule has 0 radical (unpaired) electrons. The molecule has 29 heteroatoms. The van der Waals surface area contributed by atoms with Crippen LogP contribution in [0.5, 0.6) is 0 Å². The van der Waals surface area contributed by atoms with Crippen molar-refractivity contribution in [1.82, 2.24) is 52.3 Å². The number of aliphatic hydroxyl groups is 3. The second kappa shape index (κ2) is 27.5. The van der Waals surface area contributed by atoms with Crippen LogP contribution < -0.4 is 54.0 Å². The Balaban J connectivity index is 1.68. The molecule has 3 aliphatic rings. The standard InChI is InChI=1S/C41H67N13O16/c1-19(38(67)53-14-6-10-26(53)35(64)46-17-28(58)48-25(18-55)34(63)52-31(21(3)57)40(69)70)47-36(65)27-11-7-15-54(27)39(68)23(9-5-13-45-41(42)43)49-37(66)30(20(2)56)51-33(62)24(16-29(59)60)50-32(61)22-8-4-12-44-22/h19-27,30-31,44,55-57H,4-18H2,1-3H3,(H,46,64)(H,47,65)(H,48,58)(H,49,66)(H,50,61)(H,51,62)(H,52,63)(H,59,60)(H,69,70)(H4,42,43,45)/t19-,20+,21+,22-,23-,24-,25-,26-,27-,30-,31-/m0/s1. The summed E-state index contributed by atoms with van der Waals surface area (Å²) >= 11 is 0. The van der Waals surface area contributed by atoms with Crippen molar-refractivity contribution in [2.45, 2.75) is 145 Å². The van der Waals surface area contributed by atoms with Gasteiger partial charge in [0.05, 0.1) is 37.8 Å². The van der Waals surface area contributed by atoms with Crippen molar-refractivity contribution in [3.8, 4) is 0 Å². The van der Waals surface area contributed by atoms with E-state index in [2.05, 4.69) is 42.2 Å². The number of aliphatic carboxylic acids is 2. The number of nitrogens with one attached hydrogen (secondary N) is 8. The predicted octanol–water partition coefficient (Wildman–Crippen LogP) is -7.87. The minimum Gasteiger partial charge on any atom is -0.481 e. The van der Waals surface area contributed by atoms with E-state index in [1.54, 1.807) is 0 Å². The Morgan fingerprint density at radius 1 is 0.671 bits per heavy atom. The molecule has 0 unspecified atom stereocenters. The van der Waals surface area contributed by atoms with Crippen molar-refractivity contribution in [1.29, 1.82) is 0 Å². The zero-order valence-corrected chi connectivity index (χ0v) is 39.2. The van der Waals surface area contributed by atoms with Crippen LogP contribution in [-0.4, -0.2) is 212 Å². The number of guanidine groups is 1. The van der Waals surface area contributed by atoms with E-state index in [4.69, 9.17) is 11.5 Å². The van der Waals surface area contributed by atoms with Gasteiger partial charge in [-0.3, -0.25) is 52.9 Å². The summed E-state index contributed by atoms with van der Waals surface area (Å²) in [6.45, 7) is 2.66. The molecule has 0 spiro atoms. The Labute approximate surface area is 402 Å². The highest BCUT2D eigenvalue weighted by Crippen LogP contribution is 2.22. The first-order valence-corrected chi connectivity index (χ1v) is 22.9. The monoisotopic (exact) mass is 997 g/mol. The van der Waals surface area contributed by atoms with Crippen molar-refractivity contribution < 1.29 is 78.3 Å². The smallest absolute Gasteiger partial charge is 0.328 e. The first kappa shape index (κ1) is 57.6. The summed E-state index contributed by atoms with van der Waals surface area (Å²) in [5.74, 6) is -11.0. The molecular weight excluding hydrogens is 931 g/mol. The Morgan fingerprint density at radius 2 is 1.26 bits per heavy atom. The van der Waals surface area contributed by atoms with Gasteiger partial charge in [-0.05, 0) is 78.7 Å². The number of likely N-dealkylation sites (tertiary alicyclic amines) is 2. The van der Waals surface area contributed by atoms with Gasteiger partial charge in [0, 0.05) is 19.6 Å². The number of rotatable bonds is 26. The molecule has 9 amide bonds. The number of carboxylic acids is 2. The lowest BCUT2D eigenvalue weighted by molar-refractivity contribution is -0.145. The third-order valence-corrected chi connectivity index (χ3v) is 11.7. The molecule has 3 rings (SSSR count). The van der Waals surface area contributed by atoms with Gasteiger partial charge in [0.2, 0.25) is 53.2 Å². The third-order valence-electron chi connectivity index (χ3n) is 11.7. The molecule has 29 nitrogen and oxygen atoms in total. The third kappa shape index (κ3) is 17.1. The fourth-order valence-electron chi connectivity index (χ4n) is 8.04. The van der Waals surface area contributed by atoms with E-state index in [-0.39, 0.29) is 51.3 Å². The van der Waals surface area contributed by atoms with Crippen molar-refractivity contribution in [2.75, 3.05) is 39.3 Å². The van der Waals surface area contributed by atoms with E-state index in [9.17, 15) is 78.3 Å². The van der Waals surface area contributed by atoms with E-state index < -0.39 is 151 Å². The number of nitrogens with two attached hydrogens (primary N) is 2. The van der Waals surface area contributed by atoms with Crippen LogP contribution in [0, 0.1) is 0 Å². The number of carbonyl (C=O) groups excluding carboxylic acids is 9. The zero-order chi connectivity index (χ0) is 52.4. The maximum Gasteiger partial charge on any atom is 0.328 e. The van der Waals surface area contributed by atoms with Gasteiger partial charge in [-0.2, -0.15) is 0 Å². The average molecular weight is 998 g/mol. The quantitative estimate of drug-likeness (QED) is 0.0217. The second-order valence-electron chi connectivity index (χ2n) is 17.2. The van der Waals surface area contributed by atoms with Crippen LogP contribution in [0.2, 0.25) is 0 Å². The number of amides is 9. The van der Waals surface area contributed by atoms with Crippen molar-refractivity contribution in [3.05, 3.63) is 0 Å². The molecule has 392 valence electrons. The van der Waals surface area contributed by atoms with Gasteiger partial charge in [0.1, 0.15) is 42.3 Å². The highest BCUT2D eigenvalue weighted by Gasteiger charge is 2.42. The van der Waals surface area contributed by atoms with Crippen LogP contribution >= 0.6 is 0 Å². The fraction of sp³-hybridized carbons (Fsp3) is 0.707. The summed E-state index contributed by atoms with van der Waals surface area (Å²) in [5.41, 5.74) is 10.9. The van der Waals surface area contributed by atoms with Crippen LogP contribution in [0.25, 0.3) is 0 Å². The Hall–Kier alpha value is -6.72. The van der Waals surface area contributed by atoms with E-state index in [1.165, 1.54) is 16.7 Å². The lowest BCUT2D eigenvalue weighted by Gasteiger charge is -2.31. The first-order chi connectivity index (χ1) is 33.0. The molecule has 0 aromatic rings. The molecular formula is C41H67N13O16. The molecule has 3 fully saturated rings. The first-order valence-electron chi connectivity index (χ1n) is 22.9. The predicted molar refractivity (Wildman–Crippen MR) is 241 cm³/mol. The molecule has 3 heterocycles. The highest BCUT2D eigenvalue weighted by atomic mass is 16.4. The molecule has 17 N–H and O–H groups in total. The molecule has 3 saturated heterocycles. The summed E-state index contributed by atoms with van der Waals surface area (Å²) in [5, 5.41) is 67.7. The van der Waals surface area contributed by atoms with Crippen LogP contribution in [0.1, 0.15) is 78.6 Å². The van der Waals surface area contributed by atoms with Crippen molar-refractivity contribution in [2.24, 2.45) is 16.5 Å². The lowest BCUT2D eigenvalue weighted by atomic mass is 10.1. The topological polar surface area (TPSA) is 456 Å². The number of hydrogen-bond donors (Lipinski definition) is 15. The molecule has 0 aromatic heterocycles. The van der Waals surface area contributed by atoms with E-state index in [1.807, 2.05) is 5.32 Å². The minimum absolute atomic E-state index is 0.0161. The number of carbonyl (C=O) groups is 11. The summed E-state index contributed by atoms with van der Waals surface area (Å²) in [7, 11) is 0. The Bertz CT molecular complexity index is 1960. The Kier molecular flexibility index (Phi) is 22.6. The molecule has 0 saturated carbocycles. The second-order valence-corrected chi connectivity index (χ2v) is 17.2. The summed E-state index contributed by atoms with van der Waals surface area (Å²) in [6, 6.07) is -12.3. The van der Waals surface area contributed by atoms with Gasteiger partial charge in [-0.1, -0.05) is 0 Å². The SMILES string of the molecule is C[C@H](NC(=O)[C@@H]1CCCN1C(=O)[C@H](CCCN=C(N)N)NC(=O)[C@@H](NC(=O)[C@H](CC(=O)O)NC(=O)[C@@H]1CCCN1)[C@@H](C)O)C(=O)N1CCC[C@H]1C(=O)NCC(=O)N[C@@H](CO)C(=O)N[C@H](C(=O)O)[C@@H](C)O. The van der Waals surface area contributed by atoms with Gasteiger partial charge in [-0.15, -0.1) is 0 Å². The van der Waals surface area contributed by atoms with Crippen molar-refractivity contribution >= 4 is 71.1 Å². The molecule has 70 heavy (non-hydrogen) atoms. The van der Waals surface area contributed by atoms with Crippen LogP contribution in [-0.2, 0) is 52.7 Å².